The fraction of sp³-hybridized carbons (Fsp3) is 0.380. The molecule has 14 rings (SSSR count). The molecule has 0 amide bonds. The predicted octanol–water partition coefficient (Wildman–Crippen LogP) is 19.1. The Labute approximate surface area is 456 Å². The molecule has 0 saturated heterocycles. The molecule has 0 atom stereocenters. The summed E-state index contributed by atoms with van der Waals surface area (Å²) in [5.74, 6) is 0. The summed E-state index contributed by atoms with van der Waals surface area (Å²) in [6, 6.07) is 46.2. The van der Waals surface area contributed by atoms with Gasteiger partial charge in [0.1, 0.15) is 5.58 Å². The normalized spacial score (nSPS) is 19.0. The molecule has 0 radical (unpaired) electrons. The van der Waals surface area contributed by atoms with Crippen LogP contribution < -0.4 is 20.0 Å². The number of hydrogen-bond donors (Lipinski definition) is 0. The van der Waals surface area contributed by atoms with Gasteiger partial charge in [0.05, 0.1) is 11.4 Å². The summed E-state index contributed by atoms with van der Waals surface area (Å²) in [4.78, 5) is 5.42. The minimum Gasteiger partial charge on any atom is -0.454 e. The maximum atomic E-state index is 7.37. The number of para-hydroxylation sites is 1. The van der Waals surface area contributed by atoms with Crippen LogP contribution >= 0.6 is 11.3 Å². The molecule has 3 aliphatic carbocycles. The molecule has 76 heavy (non-hydrogen) atoms. The molecule has 0 fully saturated rings. The molecule has 4 heterocycles. The van der Waals surface area contributed by atoms with E-state index in [4.69, 9.17) is 4.42 Å². The maximum Gasteiger partial charge on any atom is 0.343 e. The van der Waals surface area contributed by atoms with Crippen molar-refractivity contribution >= 4 is 88.9 Å². The highest BCUT2D eigenvalue weighted by atomic mass is 32.1. The number of benzene rings is 7. The number of hydrogen-bond acceptors (Lipinski definition) is 4. The Kier molecular flexibility index (Phi) is 9.64. The number of rotatable bonds is 2. The fourth-order valence-corrected chi connectivity index (χ4v) is 16.1. The van der Waals surface area contributed by atoms with Crippen LogP contribution in [0.4, 0.5) is 28.4 Å². The second kappa shape index (κ2) is 15.2. The number of thiophene rings is 1. The fourth-order valence-electron chi connectivity index (χ4n) is 14.8. The van der Waals surface area contributed by atoms with Gasteiger partial charge in [-0.25, -0.2) is 0 Å². The Balaban J connectivity index is 1.15. The first-order chi connectivity index (χ1) is 35.7. The van der Waals surface area contributed by atoms with Gasteiger partial charge in [0.25, 0.3) is 0 Å². The molecule has 0 saturated carbocycles. The Hall–Kier alpha value is -6.04. The van der Waals surface area contributed by atoms with Crippen molar-refractivity contribution in [1.82, 2.24) is 0 Å². The second-order valence-corrected chi connectivity index (χ2v) is 30.2. The smallest absolute Gasteiger partial charge is 0.343 e. The molecule has 2 aromatic heterocycles. The zero-order chi connectivity index (χ0) is 53.3. The van der Waals surface area contributed by atoms with E-state index in [2.05, 4.69) is 236 Å². The topological polar surface area (TPSA) is 19.6 Å². The van der Waals surface area contributed by atoms with Crippen LogP contribution in [0.25, 0.3) is 54.3 Å². The lowest BCUT2D eigenvalue weighted by molar-refractivity contribution is 0.331. The molecule has 384 valence electrons. The summed E-state index contributed by atoms with van der Waals surface area (Å²) < 4.78 is 10.1. The van der Waals surface area contributed by atoms with E-state index in [9.17, 15) is 0 Å². The number of nitrogens with zero attached hydrogens (tertiary/aromatic N) is 2. The summed E-state index contributed by atoms with van der Waals surface area (Å²) >= 11 is 2.02. The monoisotopic (exact) mass is 1010 g/mol. The molecular weight excluding hydrogens is 940 g/mol. The molecule has 5 heteroatoms. The predicted molar refractivity (Wildman–Crippen MR) is 328 cm³/mol. The first kappa shape index (κ1) is 48.3. The van der Waals surface area contributed by atoms with Gasteiger partial charge < -0.3 is 14.1 Å². The number of fused-ring (bicyclic) bond motifs is 15. The largest absolute Gasteiger partial charge is 0.454 e. The number of furan rings is 1. The van der Waals surface area contributed by atoms with Crippen molar-refractivity contribution < 1.29 is 4.42 Å². The highest BCUT2D eigenvalue weighted by molar-refractivity contribution is 7.32. The second-order valence-electron chi connectivity index (χ2n) is 29.1. The lowest BCUT2D eigenvalue weighted by atomic mass is 9.46. The molecule has 0 spiro atoms. The van der Waals surface area contributed by atoms with E-state index in [0.717, 1.165) is 39.7 Å². The molecule has 2 aliphatic heterocycles. The van der Waals surface area contributed by atoms with E-state index >= 15 is 0 Å². The summed E-state index contributed by atoms with van der Waals surface area (Å²) in [6.45, 7) is 38.6. The first-order valence-electron chi connectivity index (χ1n) is 28.4. The van der Waals surface area contributed by atoms with Crippen LogP contribution in [0.2, 0.25) is 0 Å². The van der Waals surface area contributed by atoms with Gasteiger partial charge in [-0.2, -0.15) is 0 Å². The zero-order valence-corrected chi connectivity index (χ0v) is 48.9. The molecule has 0 N–H and O–H groups in total. The first-order valence-corrected chi connectivity index (χ1v) is 29.3. The van der Waals surface area contributed by atoms with Gasteiger partial charge in [-0.3, -0.25) is 0 Å². The third-order valence-corrected chi connectivity index (χ3v) is 21.1. The standard InChI is InChI=1S/C71H75BN2OS/c1-65(2,3)40-21-25-42(26-22-40)73-61-50-36-54-56(70(13,14)32-30-68(54,9)10)39-59(50)76-64(61)72-60-48(34-49-44-19-17-18-20-58(44)75-63(49)62(60)73)47-33-45-46-35-53-55(69(11,12)31-29-67(53,7)8)37-51(46)71(15,16)52(45)38-57(47)74(72)43-27-23-41(24-28-43)66(4,5)6/h17-28,33-39H,29-32H2,1-16H3. The maximum absolute atomic E-state index is 7.37. The van der Waals surface area contributed by atoms with Crippen LogP contribution in [0.3, 0.4) is 0 Å². The molecular formula is C71H75BN2OS. The van der Waals surface area contributed by atoms with Crippen LogP contribution in [0.1, 0.15) is 181 Å². The van der Waals surface area contributed by atoms with Crippen LogP contribution in [-0.4, -0.2) is 6.85 Å². The van der Waals surface area contributed by atoms with Gasteiger partial charge in [0.2, 0.25) is 0 Å². The minimum absolute atomic E-state index is 0.00652. The van der Waals surface area contributed by atoms with Gasteiger partial charge in [-0.15, -0.1) is 11.3 Å². The van der Waals surface area contributed by atoms with E-state index in [1.165, 1.54) is 123 Å². The quantitative estimate of drug-likeness (QED) is 0.161. The molecule has 5 aliphatic rings. The van der Waals surface area contributed by atoms with Crippen molar-refractivity contribution in [2.75, 3.05) is 9.71 Å². The summed E-state index contributed by atoms with van der Waals surface area (Å²) in [5, 5.41) is 3.65. The van der Waals surface area contributed by atoms with E-state index in [0.29, 0.717) is 0 Å². The Morgan fingerprint density at radius 2 is 1.00 bits per heavy atom. The highest BCUT2D eigenvalue weighted by Gasteiger charge is 2.51. The van der Waals surface area contributed by atoms with E-state index in [1.807, 2.05) is 11.3 Å². The summed E-state index contributed by atoms with van der Waals surface area (Å²) in [5.41, 5.74) is 26.3. The van der Waals surface area contributed by atoms with Crippen molar-refractivity contribution in [2.45, 2.75) is 174 Å². The zero-order valence-electron chi connectivity index (χ0n) is 48.1. The van der Waals surface area contributed by atoms with Gasteiger partial charge in [-0.05, 0) is 192 Å². The Morgan fingerprint density at radius 1 is 0.474 bits per heavy atom. The molecule has 0 bridgehead atoms. The third kappa shape index (κ3) is 6.60. The van der Waals surface area contributed by atoms with Crippen molar-refractivity contribution in [3.05, 3.63) is 160 Å². The van der Waals surface area contributed by atoms with E-state index in [1.54, 1.807) is 0 Å². The van der Waals surface area contributed by atoms with Crippen LogP contribution in [-0.2, 0) is 37.9 Å². The van der Waals surface area contributed by atoms with Crippen molar-refractivity contribution in [3.63, 3.8) is 0 Å². The lowest BCUT2D eigenvalue weighted by Crippen LogP contribution is -2.60. The average Bonchev–Trinajstić information content (AvgIpc) is 4.11. The molecule has 7 aromatic carbocycles. The van der Waals surface area contributed by atoms with Gasteiger partial charge in [0, 0.05) is 53.7 Å². The van der Waals surface area contributed by atoms with Crippen LogP contribution in [0.5, 0.6) is 0 Å². The molecule has 3 nitrogen and oxygen atoms in total. The van der Waals surface area contributed by atoms with Crippen molar-refractivity contribution in [3.8, 4) is 22.3 Å². The van der Waals surface area contributed by atoms with Crippen LogP contribution in [0, 0.1) is 0 Å². The molecule has 9 aromatic rings. The highest BCUT2D eigenvalue weighted by Crippen LogP contribution is 2.60. The summed E-state index contributed by atoms with van der Waals surface area (Å²) in [6.07, 6.45) is 4.72. The van der Waals surface area contributed by atoms with Crippen molar-refractivity contribution in [2.24, 2.45) is 0 Å². The van der Waals surface area contributed by atoms with Crippen molar-refractivity contribution in [1.29, 1.82) is 0 Å². The number of anilines is 5. The summed E-state index contributed by atoms with van der Waals surface area (Å²) in [7, 11) is 0. The van der Waals surface area contributed by atoms with Gasteiger partial charge in [-0.1, -0.05) is 159 Å². The Morgan fingerprint density at radius 3 is 1.61 bits per heavy atom. The SMILES string of the molecule is CC(C)(C)c1ccc(N2B3c4sc5cc6c(cc5c4N(c4ccc(C(C)(C)C)cc4)c4c3c(cc3c4oc4ccccc43)-c3cc4c(cc32)C(C)(C)c2cc3c(cc2-4)C(C)(C)CCC3(C)C)C(C)(C)CCC6(C)C)cc1. The van der Waals surface area contributed by atoms with E-state index in [-0.39, 0.29) is 44.8 Å². The van der Waals surface area contributed by atoms with Crippen LogP contribution in [0.15, 0.2) is 120 Å². The third-order valence-electron chi connectivity index (χ3n) is 19.9. The minimum atomic E-state index is -0.214. The van der Waals surface area contributed by atoms with Gasteiger partial charge >= 0.3 is 6.85 Å². The Bertz CT molecular complexity index is 3990. The lowest BCUT2D eigenvalue weighted by Gasteiger charge is -2.45. The molecule has 0 unspecified atom stereocenters. The van der Waals surface area contributed by atoms with E-state index < -0.39 is 0 Å². The van der Waals surface area contributed by atoms with Gasteiger partial charge in [0.15, 0.2) is 5.58 Å². The average molecular weight is 1020 g/mol.